The topological polar surface area (TPSA) is 161 Å². The van der Waals surface area contributed by atoms with Gasteiger partial charge in [0.15, 0.2) is 12.2 Å². The summed E-state index contributed by atoms with van der Waals surface area (Å²) in [6, 6.07) is 1.93. The van der Waals surface area contributed by atoms with Crippen LogP contribution in [0.15, 0.2) is 24.3 Å². The molecule has 0 spiro atoms. The Hall–Kier alpha value is -7.03. The average molecular weight is 1920 g/mol. The van der Waals surface area contributed by atoms with Gasteiger partial charge in [0.05, 0.1) is 6.61 Å². The SMILES string of the molecule is CC(=O)OCC1O[C@@H](Oc2ccc(OCC(OCCCC(F)(F)C(F)(F)C(F)(F)C(F)(F)C(F)(F)C(F)(F)C(F)(F)C(F)(F)F)C(COCCCC(F)(F)C(F)(F)C(F)(F)C(F)(F)C(F)(F)C(F)(F)C(F)(F)C(F)(F)F)OCCCC(F)(F)C(F)(F)C(F)(F)C(F)(F)C(F)(F)C(F)(F)C(F)(F)C(F)(F)F)cc2)C(OC(C)=O)C(OC(C)=O)[C@@H]1OC(C)=O. The average Bonchev–Trinajstić information content (AvgIpc) is 0.703. The summed E-state index contributed by atoms with van der Waals surface area (Å²) in [5, 5.41) is 0. The van der Waals surface area contributed by atoms with E-state index in [2.05, 4.69) is 9.47 Å². The van der Waals surface area contributed by atoms with Gasteiger partial charge in [0.2, 0.25) is 12.4 Å². The highest BCUT2D eigenvalue weighted by molar-refractivity contribution is 5.69. The van der Waals surface area contributed by atoms with Crippen molar-refractivity contribution in [2.75, 3.05) is 39.6 Å². The minimum atomic E-state index is -9.30. The molecule has 1 aliphatic rings. The molecule has 1 aromatic carbocycles. The van der Waals surface area contributed by atoms with E-state index in [1.807, 2.05) is 0 Å². The van der Waals surface area contributed by atoms with E-state index in [1.54, 1.807) is 0 Å². The van der Waals surface area contributed by atoms with Crippen LogP contribution in [0.5, 0.6) is 11.5 Å². The quantitative estimate of drug-likeness (QED) is 0.0262. The van der Waals surface area contributed by atoms with E-state index < -0.39 is 299 Å². The number of hydrogen-bond donors (Lipinski definition) is 0. The Balaban J connectivity index is 3.04. The van der Waals surface area contributed by atoms with Crippen LogP contribution >= 0.6 is 0 Å². The first-order valence-corrected chi connectivity index (χ1v) is 31.3. The molecule has 1 aliphatic heterocycles. The molecule has 7 atom stereocenters. The minimum absolute atomic E-state index is 0.437. The maximum absolute atomic E-state index is 15.1. The number of esters is 4. The van der Waals surface area contributed by atoms with Gasteiger partial charge in [0.1, 0.15) is 43.0 Å². The van der Waals surface area contributed by atoms with Gasteiger partial charge < -0.3 is 47.4 Å². The lowest BCUT2D eigenvalue weighted by Crippen LogP contribution is -2.74. The first-order chi connectivity index (χ1) is 53.7. The highest BCUT2D eigenvalue weighted by Gasteiger charge is 2.99. The Morgan fingerprint density at radius 1 is 0.303 bits per heavy atom. The first-order valence-electron chi connectivity index (χ1n) is 31.3. The van der Waals surface area contributed by atoms with E-state index in [-0.39, 0.29) is 0 Å². The number of carbonyl (C=O) groups excluding carboxylic acids is 4. The molecule has 14 nitrogen and oxygen atoms in total. The molecular weight excluding hydrogens is 1880 g/mol. The van der Waals surface area contributed by atoms with Gasteiger partial charge in [0, 0.05) is 66.8 Å². The number of ether oxygens (including phenoxy) is 10. The predicted octanol–water partition coefficient (Wildman–Crippen LogP) is 19.7. The van der Waals surface area contributed by atoms with Crippen LogP contribution in [0.1, 0.15) is 66.2 Å². The summed E-state index contributed by atoms with van der Waals surface area (Å²) in [7, 11) is 0. The van der Waals surface area contributed by atoms with Crippen molar-refractivity contribution in [3.8, 4) is 11.5 Å². The van der Waals surface area contributed by atoms with Gasteiger partial charge in [-0.3, -0.25) is 19.2 Å². The van der Waals surface area contributed by atoms with Crippen molar-refractivity contribution in [3.05, 3.63) is 24.3 Å². The number of rotatable bonds is 45. The maximum Gasteiger partial charge on any atom is 0.460 e. The molecule has 0 bridgehead atoms. The third-order valence-electron chi connectivity index (χ3n) is 16.2. The molecule has 5 unspecified atom stereocenters. The zero-order valence-electron chi connectivity index (χ0n) is 58.8. The molecule has 1 aromatic rings. The molecule has 0 aromatic heterocycles. The Morgan fingerprint density at radius 3 is 0.828 bits per heavy atom. The molecule has 65 heteroatoms. The predicted molar refractivity (Wildman–Crippen MR) is 285 cm³/mol. The van der Waals surface area contributed by atoms with Crippen molar-refractivity contribution in [3.63, 3.8) is 0 Å². The molecule has 0 amide bonds. The van der Waals surface area contributed by atoms with E-state index >= 15 is 17.6 Å². The number of hydrogen-bond acceptors (Lipinski definition) is 14. The highest BCUT2D eigenvalue weighted by Crippen LogP contribution is 2.69. The zero-order chi connectivity index (χ0) is 96.9. The standard InChI is InChI=1S/C57H47F51O14/c1-21(109)116-20-29-30(118-22(2)110)31(119-23(3)111)32(120-24(4)112)33(122-29)121-26-10-8-25(9-11-26)117-19-28(115-17-7-14-36(62,63)39(68,69)42(74,75)45(80,81)48(86,87)51(92,93)54(98,99)57(106,107)108)27(114-16-6-13-35(60,61)38(66,67)41(72,73)44(78,79)47(84,85)50(90,91)53(96,97)56(103,104)105)18-113-15-5-12-34(58,59)37(64,65)40(70,71)43(76,77)46(82,83)49(88,89)52(94,95)55(100,101)102/h8-11,27-33H,5-7,12-20H2,1-4H3/t27?,28?,29?,30-,31?,32?,33-/m1/s1. The summed E-state index contributed by atoms with van der Waals surface area (Å²) in [5.41, 5.74) is 0. The van der Waals surface area contributed by atoms with Crippen molar-refractivity contribution >= 4 is 23.9 Å². The normalized spacial score (nSPS) is 19.4. The molecule has 0 radical (unpaired) electrons. The van der Waals surface area contributed by atoms with Gasteiger partial charge >= 0.3 is 167 Å². The molecule has 1 fully saturated rings. The van der Waals surface area contributed by atoms with Crippen LogP contribution in [0.2, 0.25) is 0 Å². The van der Waals surface area contributed by atoms with Crippen molar-refractivity contribution in [2.24, 2.45) is 0 Å². The number of halogens is 51. The van der Waals surface area contributed by atoms with E-state index in [0.717, 1.165) is 6.92 Å². The molecular formula is C57H47F51O14. The molecule has 1 saturated heterocycles. The fraction of sp³-hybridized carbons (Fsp3) is 0.825. The summed E-state index contributed by atoms with van der Waals surface area (Å²) < 4.78 is 765. The number of alkyl halides is 51. The lowest BCUT2D eigenvalue weighted by Gasteiger charge is -2.43. The molecule has 0 aliphatic carbocycles. The van der Waals surface area contributed by atoms with Gasteiger partial charge in [-0.2, -0.15) is 224 Å². The summed E-state index contributed by atoms with van der Waals surface area (Å²) in [6.07, 6.45) is -60.1. The molecule has 1 heterocycles. The van der Waals surface area contributed by atoms with E-state index in [9.17, 15) is 226 Å². The maximum atomic E-state index is 15.1. The molecule has 2 rings (SSSR count). The summed E-state index contributed by atoms with van der Waals surface area (Å²) in [5.74, 6) is -191. The lowest BCUT2D eigenvalue weighted by atomic mass is 9.88. The Morgan fingerprint density at radius 2 is 0.549 bits per heavy atom. The van der Waals surface area contributed by atoms with Crippen LogP contribution < -0.4 is 9.47 Å². The van der Waals surface area contributed by atoms with Gasteiger partial charge in [-0.05, 0) is 43.5 Å². The second kappa shape index (κ2) is 35.7. The zero-order valence-corrected chi connectivity index (χ0v) is 58.8. The Bertz CT molecular complexity index is 3670. The third kappa shape index (κ3) is 19.9. The highest BCUT2D eigenvalue weighted by atomic mass is 19.5. The third-order valence-corrected chi connectivity index (χ3v) is 16.2. The largest absolute Gasteiger partial charge is 0.491 e. The molecule has 716 valence electrons. The molecule has 0 saturated carbocycles. The van der Waals surface area contributed by atoms with Gasteiger partial charge in [-0.25, -0.2) is 0 Å². The monoisotopic (exact) mass is 1920 g/mol. The minimum Gasteiger partial charge on any atom is -0.491 e. The number of benzene rings is 1. The Labute approximate surface area is 641 Å². The van der Waals surface area contributed by atoms with Crippen LogP contribution in [-0.4, -0.2) is 249 Å². The fourth-order valence-corrected chi connectivity index (χ4v) is 9.45. The summed E-state index contributed by atoms with van der Waals surface area (Å²) in [4.78, 5) is 48.4. The number of carbonyl (C=O) groups is 4. The van der Waals surface area contributed by atoms with Crippen molar-refractivity contribution in [1.29, 1.82) is 0 Å². The van der Waals surface area contributed by atoms with Gasteiger partial charge in [-0.1, -0.05) is 0 Å². The van der Waals surface area contributed by atoms with Crippen LogP contribution in [0, 0.1) is 0 Å². The smallest absolute Gasteiger partial charge is 0.460 e. The molecule has 122 heavy (non-hydrogen) atoms. The summed E-state index contributed by atoms with van der Waals surface area (Å²) in [6.45, 7) is -9.79. The first kappa shape index (κ1) is 111. The van der Waals surface area contributed by atoms with Gasteiger partial charge in [0.25, 0.3) is 0 Å². The fourth-order valence-electron chi connectivity index (χ4n) is 9.45. The van der Waals surface area contributed by atoms with E-state index in [1.165, 1.54) is 0 Å². The van der Waals surface area contributed by atoms with Crippen LogP contribution in [-0.2, 0) is 57.1 Å². The van der Waals surface area contributed by atoms with Crippen molar-refractivity contribution in [1.82, 2.24) is 0 Å². The van der Waals surface area contributed by atoms with Crippen LogP contribution in [0.3, 0.4) is 0 Å². The Kier molecular flexibility index (Phi) is 32.5. The second-order valence-corrected chi connectivity index (χ2v) is 25.1. The van der Waals surface area contributed by atoms with E-state index in [0.29, 0.717) is 45.0 Å². The van der Waals surface area contributed by atoms with Gasteiger partial charge in [-0.15, -0.1) is 0 Å². The van der Waals surface area contributed by atoms with Crippen LogP contribution in [0.4, 0.5) is 224 Å². The lowest BCUT2D eigenvalue weighted by molar-refractivity contribution is -0.461. The van der Waals surface area contributed by atoms with Crippen molar-refractivity contribution in [2.45, 2.75) is 252 Å². The van der Waals surface area contributed by atoms with Crippen molar-refractivity contribution < 1.29 is 290 Å². The van der Waals surface area contributed by atoms with E-state index in [4.69, 9.17) is 37.9 Å². The summed E-state index contributed by atoms with van der Waals surface area (Å²) >= 11 is 0. The second-order valence-electron chi connectivity index (χ2n) is 25.1. The van der Waals surface area contributed by atoms with Crippen LogP contribution in [0.25, 0.3) is 0 Å². The molecule has 0 N–H and O–H groups in total.